The van der Waals surface area contributed by atoms with E-state index in [1.807, 2.05) is 25.2 Å². The topological polar surface area (TPSA) is 50.7 Å². The first kappa shape index (κ1) is 17.0. The van der Waals surface area contributed by atoms with Crippen LogP contribution in [0.2, 0.25) is 0 Å². The second kappa shape index (κ2) is 9.96. The van der Waals surface area contributed by atoms with E-state index >= 15 is 0 Å². The fourth-order valence-corrected chi connectivity index (χ4v) is 1.55. The molecular formula is C14H18N2O2S. The van der Waals surface area contributed by atoms with Crippen LogP contribution in [0.25, 0.3) is 0 Å². The number of aliphatic imine (C=N–C) groups is 1. The number of nitrogens with zero attached hydrogens (tertiary/aromatic N) is 1. The third-order valence-electron chi connectivity index (χ3n) is 1.84. The number of rotatable bonds is 8. The molecule has 0 heterocycles. The number of ether oxygens (including phenoxy) is 1. The van der Waals surface area contributed by atoms with Crippen LogP contribution >= 0.6 is 11.8 Å². The average molecular weight is 278 g/mol. The zero-order valence-corrected chi connectivity index (χ0v) is 12.0. The van der Waals surface area contributed by atoms with Crippen LogP contribution < -0.4 is 5.32 Å². The van der Waals surface area contributed by atoms with Gasteiger partial charge < -0.3 is 10.1 Å². The van der Waals surface area contributed by atoms with Crippen LogP contribution in [0, 0.1) is 0 Å². The first-order valence-corrected chi connectivity index (χ1v) is 6.26. The molecule has 19 heavy (non-hydrogen) atoms. The molecule has 1 N–H and O–H groups in total. The lowest BCUT2D eigenvalue weighted by atomic mass is 10.4. The smallest absolute Gasteiger partial charge is 0.357 e. The highest BCUT2D eigenvalue weighted by Gasteiger charge is 2.06. The number of hydrogen-bond donors (Lipinski definition) is 1. The largest absolute Gasteiger partial charge is 0.464 e. The second-order valence-electron chi connectivity index (χ2n) is 3.28. The van der Waals surface area contributed by atoms with Gasteiger partial charge in [-0.25, -0.2) is 4.79 Å². The quantitative estimate of drug-likeness (QED) is 0.321. The number of nitrogens with one attached hydrogen (secondary N) is 1. The Bertz CT molecular complexity index is 448. The van der Waals surface area contributed by atoms with Crippen molar-refractivity contribution in [2.45, 2.75) is 6.92 Å². The van der Waals surface area contributed by atoms with Crippen molar-refractivity contribution in [3.8, 4) is 0 Å². The second-order valence-corrected chi connectivity index (χ2v) is 4.40. The Labute approximate surface area is 118 Å². The van der Waals surface area contributed by atoms with Crippen LogP contribution in [0.3, 0.4) is 0 Å². The van der Waals surface area contributed by atoms with E-state index in [4.69, 9.17) is 0 Å². The van der Waals surface area contributed by atoms with Crippen LogP contribution in [0.1, 0.15) is 6.92 Å². The maximum atomic E-state index is 11.2. The molecule has 0 aromatic heterocycles. The maximum Gasteiger partial charge on any atom is 0.357 e. The van der Waals surface area contributed by atoms with Gasteiger partial charge in [-0.2, -0.15) is 0 Å². The van der Waals surface area contributed by atoms with Crippen LogP contribution in [0.5, 0.6) is 0 Å². The van der Waals surface area contributed by atoms with E-state index in [9.17, 15) is 4.79 Å². The molecule has 0 fully saturated rings. The van der Waals surface area contributed by atoms with Crippen molar-refractivity contribution in [3.05, 3.63) is 59.3 Å². The molecule has 102 valence electrons. The summed E-state index contributed by atoms with van der Waals surface area (Å²) in [5, 5.41) is 4.44. The number of carbonyl (C=O) groups excluding carboxylic acids is 1. The number of thioether (sulfide) groups is 1. The number of esters is 1. The SMILES string of the molecule is C=CNC(=C)/C=C\C=C(\C)S/C=C(\N=C)C(=O)OC. The van der Waals surface area contributed by atoms with E-state index in [0.29, 0.717) is 0 Å². The number of hydrogen-bond acceptors (Lipinski definition) is 5. The van der Waals surface area contributed by atoms with Crippen LogP contribution in [0.15, 0.2) is 64.3 Å². The Morgan fingerprint density at radius 1 is 1.47 bits per heavy atom. The molecule has 0 saturated heterocycles. The fourth-order valence-electron chi connectivity index (χ4n) is 0.922. The monoisotopic (exact) mass is 278 g/mol. The van der Waals surface area contributed by atoms with Gasteiger partial charge in [0.15, 0.2) is 5.70 Å². The van der Waals surface area contributed by atoms with Gasteiger partial charge in [0.25, 0.3) is 0 Å². The number of allylic oxidation sites excluding steroid dienone is 4. The Hall–Kier alpha value is -2.01. The van der Waals surface area contributed by atoms with Gasteiger partial charge in [0.2, 0.25) is 0 Å². The minimum Gasteiger partial charge on any atom is -0.464 e. The third-order valence-corrected chi connectivity index (χ3v) is 2.69. The molecule has 0 aromatic carbocycles. The van der Waals surface area contributed by atoms with Crippen LogP contribution in [0.4, 0.5) is 0 Å². The van der Waals surface area contributed by atoms with Crippen molar-refractivity contribution < 1.29 is 9.53 Å². The first-order chi connectivity index (χ1) is 9.04. The molecule has 0 unspecified atom stereocenters. The molecule has 0 bridgehead atoms. The van der Waals surface area contributed by atoms with Gasteiger partial charge in [-0.3, -0.25) is 4.99 Å². The Morgan fingerprint density at radius 3 is 2.68 bits per heavy atom. The molecule has 0 atom stereocenters. The third kappa shape index (κ3) is 7.83. The lowest BCUT2D eigenvalue weighted by molar-refractivity contribution is -0.136. The van der Waals surface area contributed by atoms with Gasteiger partial charge in [-0.05, 0) is 30.8 Å². The summed E-state index contributed by atoms with van der Waals surface area (Å²) in [6.07, 6.45) is 7.09. The summed E-state index contributed by atoms with van der Waals surface area (Å²) in [5.41, 5.74) is 0.921. The Balaban J connectivity index is 4.51. The van der Waals surface area contributed by atoms with Gasteiger partial charge in [0.1, 0.15) is 0 Å². The molecule has 4 nitrogen and oxygen atoms in total. The predicted molar refractivity (Wildman–Crippen MR) is 82.6 cm³/mol. The van der Waals surface area contributed by atoms with Gasteiger partial charge in [0.05, 0.1) is 7.11 Å². The average Bonchev–Trinajstić information content (AvgIpc) is 2.39. The van der Waals surface area contributed by atoms with Gasteiger partial charge in [0, 0.05) is 11.1 Å². The summed E-state index contributed by atoms with van der Waals surface area (Å²) in [5.74, 6) is -0.505. The highest BCUT2D eigenvalue weighted by molar-refractivity contribution is 8.05. The molecule has 0 aromatic rings. The highest BCUT2D eigenvalue weighted by Crippen LogP contribution is 2.19. The van der Waals surface area contributed by atoms with Crippen molar-refractivity contribution in [3.63, 3.8) is 0 Å². The molecule has 0 spiro atoms. The maximum absolute atomic E-state index is 11.2. The lowest BCUT2D eigenvalue weighted by Crippen LogP contribution is -2.01. The molecule has 0 radical (unpaired) electrons. The Morgan fingerprint density at radius 2 is 2.16 bits per heavy atom. The van der Waals surface area contributed by atoms with Crippen molar-refractivity contribution in [1.29, 1.82) is 0 Å². The summed E-state index contributed by atoms with van der Waals surface area (Å²) in [7, 11) is 1.30. The predicted octanol–water partition coefficient (Wildman–Crippen LogP) is 3.14. The van der Waals surface area contributed by atoms with Crippen molar-refractivity contribution >= 4 is 24.4 Å². The van der Waals surface area contributed by atoms with Gasteiger partial charge in [-0.1, -0.05) is 25.3 Å². The summed E-state index contributed by atoms with van der Waals surface area (Å²) in [4.78, 5) is 15.8. The van der Waals surface area contributed by atoms with E-state index in [0.717, 1.165) is 10.6 Å². The van der Waals surface area contributed by atoms with Crippen LogP contribution in [-0.4, -0.2) is 19.8 Å². The van der Waals surface area contributed by atoms with E-state index in [1.165, 1.54) is 18.9 Å². The molecule has 0 aliphatic heterocycles. The normalized spacial score (nSPS) is 12.1. The number of methoxy groups -OCH3 is 1. The molecule has 0 saturated carbocycles. The molecule has 0 amide bonds. The van der Waals surface area contributed by atoms with Gasteiger partial charge >= 0.3 is 5.97 Å². The minimum absolute atomic E-state index is 0.182. The standard InChI is InChI=1S/C14H18N2O2S/c1-6-16-11(2)8-7-9-12(3)19-10-13(15-4)14(17)18-5/h6-10,16H,1-2,4H2,3,5H3/b8-7-,12-9-,13-10-. The molecular weight excluding hydrogens is 260 g/mol. The zero-order valence-electron chi connectivity index (χ0n) is 11.2. The molecule has 5 heteroatoms. The minimum atomic E-state index is -0.505. The highest BCUT2D eigenvalue weighted by atomic mass is 32.2. The van der Waals surface area contributed by atoms with Crippen molar-refractivity contribution in [2.24, 2.45) is 4.99 Å². The van der Waals surface area contributed by atoms with Crippen LogP contribution in [-0.2, 0) is 9.53 Å². The van der Waals surface area contributed by atoms with Crippen molar-refractivity contribution in [2.75, 3.05) is 7.11 Å². The molecule has 0 aliphatic rings. The first-order valence-electron chi connectivity index (χ1n) is 5.38. The summed E-state index contributed by atoms with van der Waals surface area (Å²) >= 11 is 1.36. The number of carbonyl (C=O) groups is 1. The fraction of sp³-hybridized carbons (Fsp3) is 0.143. The van der Waals surface area contributed by atoms with E-state index < -0.39 is 5.97 Å². The summed E-state index contributed by atoms with van der Waals surface area (Å²) < 4.78 is 4.56. The van der Waals surface area contributed by atoms with Crippen molar-refractivity contribution in [1.82, 2.24) is 5.32 Å². The summed E-state index contributed by atoms with van der Waals surface area (Å²) in [6.45, 7) is 12.5. The molecule has 0 rings (SSSR count). The summed E-state index contributed by atoms with van der Waals surface area (Å²) in [6, 6.07) is 0. The van der Waals surface area contributed by atoms with E-state index in [-0.39, 0.29) is 5.70 Å². The van der Waals surface area contributed by atoms with E-state index in [1.54, 1.807) is 11.6 Å². The lowest BCUT2D eigenvalue weighted by Gasteiger charge is -1.99. The molecule has 0 aliphatic carbocycles. The zero-order chi connectivity index (χ0) is 14.7. The Kier molecular flexibility index (Phi) is 8.91. The van der Waals surface area contributed by atoms with Gasteiger partial charge in [-0.15, -0.1) is 11.8 Å². The van der Waals surface area contributed by atoms with E-state index in [2.05, 4.69) is 34.9 Å².